The summed E-state index contributed by atoms with van der Waals surface area (Å²) in [5, 5.41) is 4.01. The van der Waals surface area contributed by atoms with Crippen LogP contribution in [-0.4, -0.2) is 24.2 Å². The van der Waals surface area contributed by atoms with Gasteiger partial charge in [0.15, 0.2) is 0 Å². The average molecular weight is 365 g/mol. The maximum absolute atomic E-state index is 13.2. The van der Waals surface area contributed by atoms with Crippen molar-refractivity contribution in [3.63, 3.8) is 0 Å². The van der Waals surface area contributed by atoms with E-state index in [9.17, 15) is 9.18 Å². The molecule has 1 amide bonds. The maximum atomic E-state index is 13.2. The molecule has 1 aliphatic heterocycles. The first-order chi connectivity index (χ1) is 12.8. The Morgan fingerprint density at radius 1 is 1.26 bits per heavy atom. The Balaban J connectivity index is 1.79. The van der Waals surface area contributed by atoms with Crippen molar-refractivity contribution in [2.75, 3.05) is 11.4 Å². The first kappa shape index (κ1) is 18.8. The van der Waals surface area contributed by atoms with E-state index < -0.39 is 11.7 Å². The molecule has 0 bridgehead atoms. The molecule has 27 heavy (non-hydrogen) atoms. The fourth-order valence-electron chi connectivity index (χ4n) is 3.62. The van der Waals surface area contributed by atoms with Crippen molar-refractivity contribution < 1.29 is 9.18 Å². The van der Waals surface area contributed by atoms with E-state index in [1.807, 2.05) is 6.07 Å². The van der Waals surface area contributed by atoms with Gasteiger partial charge in [-0.1, -0.05) is 18.2 Å². The van der Waals surface area contributed by atoms with Gasteiger partial charge in [0.2, 0.25) is 0 Å². The Morgan fingerprint density at radius 3 is 2.74 bits per heavy atom. The second-order valence-corrected chi connectivity index (χ2v) is 7.21. The van der Waals surface area contributed by atoms with E-state index in [-0.39, 0.29) is 11.1 Å². The van der Waals surface area contributed by atoms with Crippen molar-refractivity contribution >= 4 is 23.4 Å². The summed E-state index contributed by atoms with van der Waals surface area (Å²) in [6.45, 7) is 9.60. The van der Waals surface area contributed by atoms with Crippen molar-refractivity contribution in [3.05, 3.63) is 71.0 Å². The van der Waals surface area contributed by atoms with Crippen molar-refractivity contribution in [3.8, 4) is 0 Å². The van der Waals surface area contributed by atoms with Crippen LogP contribution in [-0.2, 0) is 0 Å². The standard InChI is InChI=1S/C22H24FN3O/c1-5-26-20-10-9-16(11-19(20)15(2)13-22(26,3)4)14-24-25-21(27)17-7-6-8-18(23)12-17/h6-14H,5H2,1-4H3,(H,25,27)/b24-14-. The zero-order chi connectivity index (χ0) is 19.6. The molecule has 1 aliphatic rings. The Labute approximate surface area is 159 Å². The van der Waals surface area contributed by atoms with Crippen molar-refractivity contribution in [1.82, 2.24) is 5.43 Å². The number of hydrazone groups is 1. The minimum atomic E-state index is -0.452. The molecule has 4 nitrogen and oxygen atoms in total. The van der Waals surface area contributed by atoms with Crippen LogP contribution < -0.4 is 10.3 Å². The monoisotopic (exact) mass is 365 g/mol. The van der Waals surface area contributed by atoms with Gasteiger partial charge >= 0.3 is 0 Å². The number of carbonyl (C=O) groups is 1. The molecule has 1 N–H and O–H groups in total. The summed E-state index contributed by atoms with van der Waals surface area (Å²) in [6.07, 6.45) is 3.87. The fraction of sp³-hybridized carbons (Fsp3) is 0.273. The molecule has 0 aromatic heterocycles. The number of benzene rings is 2. The number of carbonyl (C=O) groups excluding carboxylic acids is 1. The van der Waals surface area contributed by atoms with Crippen molar-refractivity contribution in [2.24, 2.45) is 5.10 Å². The van der Waals surface area contributed by atoms with E-state index in [4.69, 9.17) is 0 Å². The predicted octanol–water partition coefficient (Wildman–Crippen LogP) is 4.61. The minimum absolute atomic E-state index is 0.0274. The van der Waals surface area contributed by atoms with Crippen LogP contribution in [0.25, 0.3) is 5.57 Å². The lowest BCUT2D eigenvalue weighted by molar-refractivity contribution is 0.0954. The third-order valence-corrected chi connectivity index (χ3v) is 4.78. The van der Waals surface area contributed by atoms with Crippen LogP contribution >= 0.6 is 0 Å². The van der Waals surface area contributed by atoms with E-state index in [1.54, 1.807) is 12.3 Å². The highest BCUT2D eigenvalue weighted by atomic mass is 19.1. The molecule has 1 heterocycles. The summed E-state index contributed by atoms with van der Waals surface area (Å²) in [5.41, 5.74) is 7.11. The van der Waals surface area contributed by atoms with Gasteiger partial charge in [-0.3, -0.25) is 4.79 Å². The van der Waals surface area contributed by atoms with Crippen LogP contribution in [0.2, 0.25) is 0 Å². The minimum Gasteiger partial charge on any atom is -0.363 e. The normalized spacial score (nSPS) is 15.4. The van der Waals surface area contributed by atoms with Crippen molar-refractivity contribution in [1.29, 1.82) is 0 Å². The third-order valence-electron chi connectivity index (χ3n) is 4.78. The number of anilines is 1. The summed E-state index contributed by atoms with van der Waals surface area (Å²) in [4.78, 5) is 14.4. The number of fused-ring (bicyclic) bond motifs is 1. The number of nitrogens with one attached hydrogen (secondary N) is 1. The molecule has 140 valence electrons. The molecule has 5 heteroatoms. The first-order valence-electron chi connectivity index (χ1n) is 9.02. The largest absolute Gasteiger partial charge is 0.363 e. The average Bonchev–Trinajstić information content (AvgIpc) is 2.61. The van der Waals surface area contributed by atoms with Gasteiger partial charge in [0.1, 0.15) is 5.82 Å². The summed E-state index contributed by atoms with van der Waals surface area (Å²) in [7, 11) is 0. The molecule has 0 spiro atoms. The lowest BCUT2D eigenvalue weighted by Crippen LogP contribution is -2.44. The number of halogens is 1. The quantitative estimate of drug-likeness (QED) is 0.635. The molecule has 0 aliphatic carbocycles. The van der Waals surface area contributed by atoms with Crippen LogP contribution in [0.4, 0.5) is 10.1 Å². The highest BCUT2D eigenvalue weighted by molar-refractivity contribution is 5.95. The van der Waals surface area contributed by atoms with E-state index in [2.05, 4.69) is 61.3 Å². The number of nitrogens with zero attached hydrogens (tertiary/aromatic N) is 2. The molecule has 0 atom stereocenters. The van der Waals surface area contributed by atoms with Crippen LogP contribution in [0, 0.1) is 5.82 Å². The Hall–Kier alpha value is -2.95. The molecule has 3 rings (SSSR count). The van der Waals surface area contributed by atoms with Crippen LogP contribution in [0.1, 0.15) is 49.2 Å². The van der Waals surface area contributed by atoms with Crippen LogP contribution in [0.3, 0.4) is 0 Å². The zero-order valence-corrected chi connectivity index (χ0v) is 16.1. The van der Waals surface area contributed by atoms with E-state index in [0.29, 0.717) is 0 Å². The first-order valence-corrected chi connectivity index (χ1v) is 9.02. The molecule has 0 radical (unpaired) electrons. The highest BCUT2D eigenvalue weighted by Gasteiger charge is 2.29. The number of amides is 1. The summed E-state index contributed by atoms with van der Waals surface area (Å²) in [6, 6.07) is 11.6. The van der Waals surface area contributed by atoms with E-state index >= 15 is 0 Å². The lowest BCUT2D eigenvalue weighted by Gasteiger charge is -2.42. The third kappa shape index (κ3) is 3.92. The summed E-state index contributed by atoms with van der Waals surface area (Å²) >= 11 is 0. The predicted molar refractivity (Wildman–Crippen MR) is 109 cm³/mol. The molecule has 2 aromatic carbocycles. The van der Waals surface area contributed by atoms with Gasteiger partial charge in [-0.15, -0.1) is 0 Å². The lowest BCUT2D eigenvalue weighted by atomic mass is 9.88. The Kier molecular flexibility index (Phi) is 5.13. The van der Waals surface area contributed by atoms with Crippen molar-refractivity contribution in [2.45, 2.75) is 33.2 Å². The van der Waals surface area contributed by atoms with Gasteiger partial charge in [-0.25, -0.2) is 9.82 Å². The highest BCUT2D eigenvalue weighted by Crippen LogP contribution is 2.38. The number of hydrogen-bond acceptors (Lipinski definition) is 3. The van der Waals surface area contributed by atoms with Crippen LogP contribution in [0.5, 0.6) is 0 Å². The zero-order valence-electron chi connectivity index (χ0n) is 16.1. The topological polar surface area (TPSA) is 44.7 Å². The SMILES string of the molecule is CCN1c2ccc(/C=N\NC(=O)c3cccc(F)c3)cc2C(C)=CC1(C)C. The smallest absolute Gasteiger partial charge is 0.271 e. The summed E-state index contributed by atoms with van der Waals surface area (Å²) < 4.78 is 13.2. The maximum Gasteiger partial charge on any atom is 0.271 e. The molecule has 0 saturated carbocycles. The molecule has 0 fully saturated rings. The Bertz CT molecular complexity index is 931. The van der Waals surface area contributed by atoms with Gasteiger partial charge in [0, 0.05) is 23.4 Å². The van der Waals surface area contributed by atoms with Gasteiger partial charge in [0.25, 0.3) is 5.91 Å². The van der Waals surface area contributed by atoms with E-state index in [0.717, 1.165) is 17.7 Å². The van der Waals surface area contributed by atoms with Crippen LogP contribution in [0.15, 0.2) is 53.6 Å². The number of hydrogen-bond donors (Lipinski definition) is 1. The number of allylic oxidation sites excluding steroid dienone is 1. The summed E-state index contributed by atoms with van der Waals surface area (Å²) in [5.74, 6) is -0.898. The van der Waals surface area contributed by atoms with Gasteiger partial charge in [-0.2, -0.15) is 5.10 Å². The molecule has 0 unspecified atom stereocenters. The second-order valence-electron chi connectivity index (χ2n) is 7.21. The van der Waals surface area contributed by atoms with Gasteiger partial charge < -0.3 is 4.90 Å². The number of rotatable bonds is 4. The van der Waals surface area contributed by atoms with Gasteiger partial charge in [0.05, 0.1) is 11.8 Å². The van der Waals surface area contributed by atoms with E-state index in [1.165, 1.54) is 29.5 Å². The molecule has 2 aromatic rings. The van der Waals surface area contributed by atoms with Gasteiger partial charge in [-0.05, 0) is 69.2 Å². The molecule has 0 saturated heterocycles. The second kappa shape index (κ2) is 7.35. The molecular weight excluding hydrogens is 341 g/mol. The fourth-order valence-corrected chi connectivity index (χ4v) is 3.62. The number of likely N-dealkylation sites (N-methyl/N-ethyl adjacent to an activating group) is 1. The Morgan fingerprint density at radius 2 is 2.04 bits per heavy atom. The molecular formula is C22H24FN3O.